The van der Waals surface area contributed by atoms with E-state index in [1.165, 1.54) is 0 Å². The number of carbonyl (C=O) groups excluding carboxylic acids is 1. The lowest BCUT2D eigenvalue weighted by Crippen LogP contribution is -2.50. The minimum atomic E-state index is 0. The average Bonchev–Trinajstić information content (AvgIpc) is 2.93. The van der Waals surface area contributed by atoms with Gasteiger partial charge in [0.1, 0.15) is 5.75 Å². The van der Waals surface area contributed by atoms with E-state index in [1.807, 2.05) is 12.1 Å². The molecule has 23 heavy (non-hydrogen) atoms. The monoisotopic (exact) mass is 402 g/mol. The van der Waals surface area contributed by atoms with Gasteiger partial charge in [0, 0.05) is 22.5 Å². The molecule has 2 unspecified atom stereocenters. The number of hydrogen-bond acceptors (Lipinski definition) is 3. The molecule has 2 fully saturated rings. The van der Waals surface area contributed by atoms with Gasteiger partial charge in [-0.15, -0.1) is 12.4 Å². The molecule has 0 saturated carbocycles. The summed E-state index contributed by atoms with van der Waals surface area (Å²) in [5, 5.41) is 3.26. The number of methoxy groups -OCH3 is 1. The smallest absolute Gasteiger partial charge is 0.226 e. The van der Waals surface area contributed by atoms with Crippen molar-refractivity contribution in [1.82, 2.24) is 10.2 Å². The van der Waals surface area contributed by atoms with Crippen LogP contribution in [0.2, 0.25) is 0 Å². The molecule has 0 aliphatic carbocycles. The fourth-order valence-corrected chi connectivity index (χ4v) is 3.83. The quantitative estimate of drug-likeness (QED) is 0.838. The van der Waals surface area contributed by atoms with Crippen LogP contribution in [0.15, 0.2) is 22.7 Å². The highest BCUT2D eigenvalue weighted by molar-refractivity contribution is 9.10. The summed E-state index contributed by atoms with van der Waals surface area (Å²) in [6.45, 7) is 4.85. The molecule has 1 aromatic rings. The van der Waals surface area contributed by atoms with Gasteiger partial charge in [-0.3, -0.25) is 4.79 Å². The van der Waals surface area contributed by atoms with Crippen LogP contribution in [-0.2, 0) is 4.79 Å². The Kier molecular flexibility index (Phi) is 6.34. The minimum absolute atomic E-state index is 0. The first-order valence-corrected chi connectivity index (χ1v) is 8.75. The van der Waals surface area contributed by atoms with Crippen LogP contribution in [0, 0.1) is 11.8 Å². The Morgan fingerprint density at radius 2 is 2.17 bits per heavy atom. The van der Waals surface area contributed by atoms with E-state index in [9.17, 15) is 4.79 Å². The van der Waals surface area contributed by atoms with Crippen LogP contribution in [0.1, 0.15) is 31.4 Å². The summed E-state index contributed by atoms with van der Waals surface area (Å²) in [5.41, 5.74) is 1.11. The maximum atomic E-state index is 12.9. The Hall–Kier alpha value is -0.780. The molecule has 128 valence electrons. The van der Waals surface area contributed by atoms with E-state index in [-0.39, 0.29) is 30.3 Å². The number of halogens is 2. The summed E-state index contributed by atoms with van der Waals surface area (Å²) in [4.78, 5) is 15.0. The number of carbonyl (C=O) groups is 1. The maximum absolute atomic E-state index is 12.9. The topological polar surface area (TPSA) is 41.6 Å². The van der Waals surface area contributed by atoms with Crippen molar-refractivity contribution in [3.05, 3.63) is 28.2 Å². The summed E-state index contributed by atoms with van der Waals surface area (Å²) in [6, 6.07) is 6.17. The summed E-state index contributed by atoms with van der Waals surface area (Å²) < 4.78 is 6.54. The van der Waals surface area contributed by atoms with Crippen molar-refractivity contribution in [2.75, 3.05) is 26.7 Å². The molecule has 3 rings (SSSR count). The molecule has 2 saturated heterocycles. The number of nitrogens with zero attached hydrogens (tertiary/aromatic N) is 1. The van der Waals surface area contributed by atoms with Crippen molar-refractivity contribution in [3.8, 4) is 5.75 Å². The zero-order valence-electron chi connectivity index (χ0n) is 13.5. The molecule has 2 aliphatic heterocycles. The molecular formula is C17H24BrClN2O2. The number of hydrogen-bond donors (Lipinski definition) is 1. The van der Waals surface area contributed by atoms with Gasteiger partial charge in [-0.2, -0.15) is 0 Å². The number of rotatable bonds is 4. The van der Waals surface area contributed by atoms with Crippen molar-refractivity contribution in [3.63, 3.8) is 0 Å². The first-order chi connectivity index (χ1) is 10.6. The van der Waals surface area contributed by atoms with E-state index in [0.29, 0.717) is 5.92 Å². The minimum Gasteiger partial charge on any atom is -0.496 e. The summed E-state index contributed by atoms with van der Waals surface area (Å²) in [5.74, 6) is 1.74. The third-order valence-electron chi connectivity index (χ3n) is 5.00. The molecule has 4 nitrogen and oxygen atoms in total. The fraction of sp³-hybridized carbons (Fsp3) is 0.588. The van der Waals surface area contributed by atoms with E-state index in [2.05, 4.69) is 39.1 Å². The lowest BCUT2D eigenvalue weighted by atomic mass is 9.87. The third-order valence-corrected chi connectivity index (χ3v) is 5.49. The predicted molar refractivity (Wildman–Crippen MR) is 97.2 cm³/mol. The van der Waals surface area contributed by atoms with Gasteiger partial charge in [0.2, 0.25) is 5.91 Å². The van der Waals surface area contributed by atoms with Crippen LogP contribution >= 0.6 is 28.3 Å². The lowest BCUT2D eigenvalue weighted by molar-refractivity contribution is -0.138. The molecule has 6 heteroatoms. The normalized spacial score (nSPS) is 22.2. The van der Waals surface area contributed by atoms with Crippen LogP contribution in [-0.4, -0.2) is 37.6 Å². The van der Waals surface area contributed by atoms with Crippen molar-refractivity contribution in [2.24, 2.45) is 11.8 Å². The molecule has 0 radical (unpaired) electrons. The third kappa shape index (κ3) is 3.67. The highest BCUT2D eigenvalue weighted by Crippen LogP contribution is 2.39. The van der Waals surface area contributed by atoms with Crippen molar-refractivity contribution < 1.29 is 9.53 Å². The van der Waals surface area contributed by atoms with Gasteiger partial charge in [-0.25, -0.2) is 0 Å². The molecular weight excluding hydrogens is 380 g/mol. The van der Waals surface area contributed by atoms with Gasteiger partial charge >= 0.3 is 0 Å². The van der Waals surface area contributed by atoms with Gasteiger partial charge < -0.3 is 15.0 Å². The second-order valence-electron chi connectivity index (χ2n) is 6.28. The Labute approximate surface area is 152 Å². The highest BCUT2D eigenvalue weighted by atomic mass is 79.9. The Morgan fingerprint density at radius 1 is 1.43 bits per heavy atom. The number of amides is 1. The molecule has 2 aliphatic rings. The van der Waals surface area contributed by atoms with Gasteiger partial charge in [0.15, 0.2) is 0 Å². The molecule has 2 atom stereocenters. The van der Waals surface area contributed by atoms with Crippen LogP contribution in [0.25, 0.3) is 0 Å². The second-order valence-corrected chi connectivity index (χ2v) is 7.20. The average molecular weight is 404 g/mol. The zero-order chi connectivity index (χ0) is 15.7. The first-order valence-electron chi connectivity index (χ1n) is 7.96. The Balaban J connectivity index is 0.00000192. The fourth-order valence-electron chi connectivity index (χ4n) is 3.45. The first kappa shape index (κ1) is 18.6. The van der Waals surface area contributed by atoms with Crippen LogP contribution < -0.4 is 10.1 Å². The van der Waals surface area contributed by atoms with Crippen LogP contribution in [0.3, 0.4) is 0 Å². The Morgan fingerprint density at radius 3 is 2.78 bits per heavy atom. The standard InChI is InChI=1S/C17H23BrN2O2.ClH/c1-11(12-9-19-10-12)17(21)20-7-3-4-15(20)14-8-13(18)5-6-16(14)22-2;/h5-6,8,11-12,15,19H,3-4,7,9-10H2,1-2H3;1H. The highest BCUT2D eigenvalue weighted by Gasteiger charge is 2.37. The summed E-state index contributed by atoms with van der Waals surface area (Å²) in [7, 11) is 1.69. The molecule has 0 bridgehead atoms. The number of nitrogens with one attached hydrogen (secondary N) is 1. The predicted octanol–water partition coefficient (Wildman–Crippen LogP) is 3.40. The van der Waals surface area contributed by atoms with Gasteiger partial charge in [0.25, 0.3) is 0 Å². The molecule has 2 heterocycles. The van der Waals surface area contributed by atoms with Gasteiger partial charge in [-0.05, 0) is 50.0 Å². The maximum Gasteiger partial charge on any atom is 0.226 e. The van der Waals surface area contributed by atoms with E-state index < -0.39 is 0 Å². The SMILES string of the molecule is COc1ccc(Br)cc1C1CCCN1C(=O)C(C)C1CNC1.Cl. The number of benzene rings is 1. The van der Waals surface area contributed by atoms with Gasteiger partial charge in [0.05, 0.1) is 13.2 Å². The summed E-state index contributed by atoms with van der Waals surface area (Å²) in [6.07, 6.45) is 2.07. The summed E-state index contributed by atoms with van der Waals surface area (Å²) >= 11 is 3.53. The lowest BCUT2D eigenvalue weighted by Gasteiger charge is -2.36. The second kappa shape index (κ2) is 7.86. The van der Waals surface area contributed by atoms with E-state index in [1.54, 1.807) is 7.11 Å². The van der Waals surface area contributed by atoms with Gasteiger partial charge in [-0.1, -0.05) is 22.9 Å². The molecule has 0 spiro atoms. The number of ether oxygens (including phenoxy) is 1. The van der Waals surface area contributed by atoms with E-state index in [0.717, 1.165) is 48.3 Å². The number of likely N-dealkylation sites (tertiary alicyclic amines) is 1. The van der Waals surface area contributed by atoms with E-state index in [4.69, 9.17) is 4.74 Å². The van der Waals surface area contributed by atoms with Crippen molar-refractivity contribution in [1.29, 1.82) is 0 Å². The molecule has 1 N–H and O–H groups in total. The van der Waals surface area contributed by atoms with E-state index >= 15 is 0 Å². The Bertz CT molecular complexity index is 566. The molecule has 1 aromatic carbocycles. The van der Waals surface area contributed by atoms with Crippen LogP contribution in [0.4, 0.5) is 0 Å². The zero-order valence-corrected chi connectivity index (χ0v) is 16.0. The molecule has 1 amide bonds. The van der Waals surface area contributed by atoms with Crippen molar-refractivity contribution >= 4 is 34.2 Å². The van der Waals surface area contributed by atoms with Crippen molar-refractivity contribution in [2.45, 2.75) is 25.8 Å². The largest absolute Gasteiger partial charge is 0.496 e. The molecule has 0 aromatic heterocycles. The van der Waals surface area contributed by atoms with Crippen LogP contribution in [0.5, 0.6) is 5.75 Å².